The van der Waals surface area contributed by atoms with Crippen LogP contribution in [-0.2, 0) is 22.4 Å². The number of aromatic nitrogens is 2. The third-order valence-corrected chi connectivity index (χ3v) is 5.39. The summed E-state index contributed by atoms with van der Waals surface area (Å²) in [5, 5.41) is 4.05. The fraction of sp³-hybridized carbons (Fsp3) is 0.550. The van der Waals surface area contributed by atoms with E-state index in [0.717, 1.165) is 37.7 Å². The second-order valence-corrected chi connectivity index (χ2v) is 7.11. The van der Waals surface area contributed by atoms with Gasteiger partial charge in [0.1, 0.15) is 6.10 Å². The van der Waals surface area contributed by atoms with Gasteiger partial charge in [-0.3, -0.25) is 4.79 Å². The Morgan fingerprint density at radius 2 is 2.12 bits per heavy atom. The molecule has 0 N–H and O–H groups in total. The van der Waals surface area contributed by atoms with Crippen LogP contribution >= 0.6 is 0 Å². The minimum Gasteiger partial charge on any atom is -0.462 e. The van der Waals surface area contributed by atoms with E-state index in [-0.39, 0.29) is 18.0 Å². The summed E-state index contributed by atoms with van der Waals surface area (Å²) in [6, 6.07) is 6.29. The van der Waals surface area contributed by atoms with Crippen LogP contribution in [0.3, 0.4) is 0 Å². The van der Waals surface area contributed by atoms with Gasteiger partial charge in [0, 0.05) is 12.0 Å². The molecule has 5 heteroatoms. The molecule has 0 aliphatic heterocycles. The van der Waals surface area contributed by atoms with Gasteiger partial charge in [-0.1, -0.05) is 24.2 Å². The Hall–Kier alpha value is -2.17. The number of hydrogen-bond donors (Lipinski definition) is 0. The van der Waals surface area contributed by atoms with Crippen LogP contribution in [0, 0.1) is 0 Å². The van der Waals surface area contributed by atoms with Crippen molar-refractivity contribution in [2.45, 2.75) is 70.3 Å². The van der Waals surface area contributed by atoms with Crippen LogP contribution in [0.15, 0.2) is 22.7 Å². The molecule has 1 aromatic carbocycles. The molecule has 1 aromatic heterocycles. The van der Waals surface area contributed by atoms with Crippen LogP contribution in [0.4, 0.5) is 0 Å². The van der Waals surface area contributed by atoms with E-state index >= 15 is 0 Å². The first kappa shape index (κ1) is 16.3. The summed E-state index contributed by atoms with van der Waals surface area (Å²) in [5.41, 5.74) is 3.54. The van der Waals surface area contributed by atoms with E-state index in [1.54, 1.807) is 0 Å². The Kier molecular flexibility index (Phi) is 4.55. The van der Waals surface area contributed by atoms with Crippen molar-refractivity contribution in [2.24, 2.45) is 0 Å². The van der Waals surface area contributed by atoms with Crippen LogP contribution in [0.5, 0.6) is 0 Å². The number of rotatable bonds is 5. The van der Waals surface area contributed by atoms with E-state index in [1.807, 2.05) is 13.0 Å². The van der Waals surface area contributed by atoms with Crippen LogP contribution in [0.25, 0.3) is 11.4 Å². The molecular weight excluding hydrogens is 316 g/mol. The van der Waals surface area contributed by atoms with Gasteiger partial charge in [0.05, 0.1) is 6.42 Å². The van der Waals surface area contributed by atoms with Crippen LogP contribution in [-0.4, -0.2) is 22.2 Å². The highest BCUT2D eigenvalue weighted by Crippen LogP contribution is 2.38. The van der Waals surface area contributed by atoms with Crippen molar-refractivity contribution in [3.63, 3.8) is 0 Å². The lowest BCUT2D eigenvalue weighted by Crippen LogP contribution is -2.16. The van der Waals surface area contributed by atoms with Gasteiger partial charge in [0.2, 0.25) is 11.7 Å². The number of ether oxygens (including phenoxy) is 1. The number of hydrogen-bond acceptors (Lipinski definition) is 5. The van der Waals surface area contributed by atoms with Crippen molar-refractivity contribution in [1.82, 2.24) is 10.1 Å². The number of carbonyl (C=O) groups is 1. The lowest BCUT2D eigenvalue weighted by atomic mass is 9.97. The van der Waals surface area contributed by atoms with Gasteiger partial charge in [-0.2, -0.15) is 4.98 Å². The monoisotopic (exact) mass is 340 g/mol. The van der Waals surface area contributed by atoms with Crippen LogP contribution < -0.4 is 0 Å². The molecule has 0 unspecified atom stereocenters. The standard InChI is InChI=1S/C20H24N2O3/c1-2-18-21-20(22-25-18)15-9-10-17-13(11-15)7-8-14(17)12-19(23)24-16-5-3-4-6-16/h9-11,14,16H,2-8,12H2,1H3/t14-/m0/s1. The minimum atomic E-state index is -0.0421. The lowest BCUT2D eigenvalue weighted by molar-refractivity contribution is -0.149. The van der Waals surface area contributed by atoms with Crippen molar-refractivity contribution >= 4 is 5.97 Å². The molecule has 1 saturated carbocycles. The quantitative estimate of drug-likeness (QED) is 0.763. The Labute approximate surface area is 147 Å². The summed E-state index contributed by atoms with van der Waals surface area (Å²) < 4.78 is 10.8. The molecule has 2 aliphatic rings. The maximum absolute atomic E-state index is 12.2. The predicted molar refractivity (Wildman–Crippen MR) is 93.1 cm³/mol. The minimum absolute atomic E-state index is 0.0421. The third kappa shape index (κ3) is 3.46. The average Bonchev–Trinajstić information content (AvgIpc) is 3.35. The molecule has 5 nitrogen and oxygen atoms in total. The van der Waals surface area contributed by atoms with Gasteiger partial charge in [0.15, 0.2) is 0 Å². The lowest BCUT2D eigenvalue weighted by Gasteiger charge is -2.15. The first-order chi connectivity index (χ1) is 12.2. The maximum Gasteiger partial charge on any atom is 0.306 e. The predicted octanol–water partition coefficient (Wildman–Crippen LogP) is 4.20. The number of fused-ring (bicyclic) bond motifs is 1. The average molecular weight is 340 g/mol. The highest BCUT2D eigenvalue weighted by atomic mass is 16.5. The molecule has 4 rings (SSSR count). The van der Waals surface area contributed by atoms with Gasteiger partial charge in [0.25, 0.3) is 0 Å². The zero-order chi connectivity index (χ0) is 17.2. The summed E-state index contributed by atoms with van der Waals surface area (Å²) in [6.45, 7) is 2.00. The first-order valence-electron chi connectivity index (χ1n) is 9.38. The normalized spacial score (nSPS) is 20.0. The SMILES string of the molecule is CCc1nc(-c2ccc3c(c2)CC[C@H]3CC(=O)OC2CCCC2)no1. The van der Waals surface area contributed by atoms with E-state index in [0.29, 0.717) is 18.1 Å². The third-order valence-electron chi connectivity index (χ3n) is 5.39. The highest BCUT2D eigenvalue weighted by molar-refractivity contribution is 5.71. The summed E-state index contributed by atoms with van der Waals surface area (Å²) in [4.78, 5) is 16.6. The fourth-order valence-corrected chi connectivity index (χ4v) is 4.01. The Morgan fingerprint density at radius 1 is 1.28 bits per heavy atom. The zero-order valence-corrected chi connectivity index (χ0v) is 14.7. The topological polar surface area (TPSA) is 65.2 Å². The molecule has 0 amide bonds. The Balaban J connectivity index is 1.44. The Bertz CT molecular complexity index is 762. The Morgan fingerprint density at radius 3 is 2.88 bits per heavy atom. The summed E-state index contributed by atoms with van der Waals surface area (Å²) in [6.07, 6.45) is 7.80. The van der Waals surface area contributed by atoms with E-state index in [1.165, 1.54) is 24.0 Å². The van der Waals surface area contributed by atoms with Crippen LogP contribution in [0.2, 0.25) is 0 Å². The summed E-state index contributed by atoms with van der Waals surface area (Å²) in [5.74, 6) is 1.53. The molecule has 1 atom stereocenters. The fourth-order valence-electron chi connectivity index (χ4n) is 4.01. The largest absolute Gasteiger partial charge is 0.462 e. The van der Waals surface area contributed by atoms with Gasteiger partial charge in [-0.05, 0) is 61.6 Å². The van der Waals surface area contributed by atoms with Gasteiger partial charge < -0.3 is 9.26 Å². The molecule has 132 valence electrons. The number of carbonyl (C=O) groups excluding carboxylic acids is 1. The highest BCUT2D eigenvalue weighted by Gasteiger charge is 2.27. The molecule has 0 spiro atoms. The maximum atomic E-state index is 12.2. The number of benzene rings is 1. The molecular formula is C20H24N2O3. The first-order valence-corrected chi connectivity index (χ1v) is 9.38. The summed E-state index contributed by atoms with van der Waals surface area (Å²) >= 11 is 0. The van der Waals surface area contributed by atoms with Crippen molar-refractivity contribution in [2.75, 3.05) is 0 Å². The van der Waals surface area contributed by atoms with Crippen molar-refractivity contribution in [3.05, 3.63) is 35.2 Å². The molecule has 0 saturated heterocycles. The molecule has 1 heterocycles. The van der Waals surface area contributed by atoms with Crippen molar-refractivity contribution in [1.29, 1.82) is 0 Å². The molecule has 2 aromatic rings. The molecule has 1 fully saturated rings. The zero-order valence-electron chi connectivity index (χ0n) is 14.7. The second kappa shape index (κ2) is 6.98. The number of aryl methyl sites for hydroxylation is 2. The second-order valence-electron chi connectivity index (χ2n) is 7.11. The molecule has 0 bridgehead atoms. The molecule has 2 aliphatic carbocycles. The van der Waals surface area contributed by atoms with Gasteiger partial charge in [-0.25, -0.2) is 0 Å². The van der Waals surface area contributed by atoms with E-state index < -0.39 is 0 Å². The van der Waals surface area contributed by atoms with E-state index in [9.17, 15) is 4.79 Å². The smallest absolute Gasteiger partial charge is 0.306 e. The summed E-state index contributed by atoms with van der Waals surface area (Å²) in [7, 11) is 0. The van der Waals surface area contributed by atoms with E-state index in [2.05, 4.69) is 22.3 Å². The number of esters is 1. The van der Waals surface area contributed by atoms with Crippen molar-refractivity contribution < 1.29 is 14.1 Å². The van der Waals surface area contributed by atoms with Crippen LogP contribution in [0.1, 0.15) is 68.4 Å². The molecule has 0 radical (unpaired) electrons. The van der Waals surface area contributed by atoms with Crippen molar-refractivity contribution in [3.8, 4) is 11.4 Å². The van der Waals surface area contributed by atoms with Gasteiger partial charge in [-0.15, -0.1) is 0 Å². The number of nitrogens with zero attached hydrogens (tertiary/aromatic N) is 2. The molecule has 25 heavy (non-hydrogen) atoms. The van der Waals surface area contributed by atoms with E-state index in [4.69, 9.17) is 9.26 Å². The van der Waals surface area contributed by atoms with Gasteiger partial charge >= 0.3 is 5.97 Å².